The molecule has 0 amide bonds. The summed E-state index contributed by atoms with van der Waals surface area (Å²) in [5.41, 5.74) is 5.64. The van der Waals surface area contributed by atoms with Gasteiger partial charge >= 0.3 is 0 Å². The monoisotopic (exact) mass is 331 g/mol. The fourth-order valence-corrected chi connectivity index (χ4v) is 3.98. The van der Waals surface area contributed by atoms with E-state index in [4.69, 9.17) is 9.47 Å². The second kappa shape index (κ2) is 6.42. The molecule has 4 heteroatoms. The quantitative estimate of drug-likeness (QED) is 0.910. The lowest BCUT2D eigenvalue weighted by atomic mass is 9.72. The van der Waals surface area contributed by atoms with Crippen molar-refractivity contribution in [1.29, 1.82) is 0 Å². The number of aryl methyl sites for hydroxylation is 1. The molecule has 122 valence electrons. The first kappa shape index (κ1) is 16.2. The van der Waals surface area contributed by atoms with E-state index < -0.39 is 0 Å². The molecule has 0 bridgehead atoms. The molecule has 2 atom stereocenters. The van der Waals surface area contributed by atoms with Crippen molar-refractivity contribution in [3.8, 4) is 11.5 Å². The molecule has 0 spiro atoms. The number of rotatable bonds is 2. The van der Waals surface area contributed by atoms with Gasteiger partial charge in [0.1, 0.15) is 0 Å². The van der Waals surface area contributed by atoms with Crippen molar-refractivity contribution in [3.05, 3.63) is 58.7 Å². The SMILES string of the molecule is COc1cc2c(cc1OC)C1c3ccccc3CNC1CC2.Cl. The van der Waals surface area contributed by atoms with Crippen LogP contribution >= 0.6 is 12.4 Å². The lowest BCUT2D eigenvalue weighted by molar-refractivity contribution is 0.349. The number of hydrogen-bond acceptors (Lipinski definition) is 3. The van der Waals surface area contributed by atoms with E-state index in [1.807, 2.05) is 0 Å². The molecule has 2 aliphatic rings. The zero-order valence-electron chi connectivity index (χ0n) is 13.5. The molecule has 1 aliphatic heterocycles. The van der Waals surface area contributed by atoms with Gasteiger partial charge in [-0.05, 0) is 47.2 Å². The van der Waals surface area contributed by atoms with Crippen LogP contribution in [0.5, 0.6) is 11.5 Å². The Morgan fingerprint density at radius 1 is 0.957 bits per heavy atom. The average Bonchev–Trinajstić information content (AvgIpc) is 2.59. The number of methoxy groups -OCH3 is 2. The van der Waals surface area contributed by atoms with Crippen molar-refractivity contribution in [2.45, 2.75) is 31.3 Å². The first-order chi connectivity index (χ1) is 10.8. The van der Waals surface area contributed by atoms with Gasteiger partial charge in [-0.1, -0.05) is 24.3 Å². The van der Waals surface area contributed by atoms with Gasteiger partial charge in [0.15, 0.2) is 11.5 Å². The van der Waals surface area contributed by atoms with E-state index in [-0.39, 0.29) is 12.4 Å². The van der Waals surface area contributed by atoms with Crippen LogP contribution in [0.3, 0.4) is 0 Å². The van der Waals surface area contributed by atoms with E-state index in [9.17, 15) is 0 Å². The van der Waals surface area contributed by atoms with Crippen LogP contribution in [0.1, 0.15) is 34.6 Å². The van der Waals surface area contributed by atoms with E-state index >= 15 is 0 Å². The number of fused-ring (bicyclic) bond motifs is 5. The Morgan fingerprint density at radius 2 is 1.70 bits per heavy atom. The molecule has 2 aromatic rings. The summed E-state index contributed by atoms with van der Waals surface area (Å²) in [6.45, 7) is 0.972. The topological polar surface area (TPSA) is 30.5 Å². The first-order valence-corrected chi connectivity index (χ1v) is 7.88. The van der Waals surface area contributed by atoms with E-state index in [0.29, 0.717) is 12.0 Å². The Bertz CT molecular complexity index is 717. The normalized spacial score (nSPS) is 21.3. The van der Waals surface area contributed by atoms with Crippen molar-refractivity contribution >= 4 is 12.4 Å². The number of hydrogen-bond donors (Lipinski definition) is 1. The van der Waals surface area contributed by atoms with Crippen LogP contribution in [0, 0.1) is 0 Å². The van der Waals surface area contributed by atoms with Crippen molar-refractivity contribution < 1.29 is 9.47 Å². The van der Waals surface area contributed by atoms with Gasteiger partial charge in [-0.3, -0.25) is 0 Å². The maximum Gasteiger partial charge on any atom is 0.161 e. The highest BCUT2D eigenvalue weighted by Crippen LogP contribution is 2.44. The second-order valence-corrected chi connectivity index (χ2v) is 6.11. The van der Waals surface area contributed by atoms with Crippen LogP contribution in [-0.4, -0.2) is 20.3 Å². The molecule has 1 N–H and O–H groups in total. The van der Waals surface area contributed by atoms with Crippen molar-refractivity contribution in [1.82, 2.24) is 5.32 Å². The van der Waals surface area contributed by atoms with Crippen molar-refractivity contribution in [2.75, 3.05) is 14.2 Å². The maximum atomic E-state index is 5.52. The van der Waals surface area contributed by atoms with E-state index in [1.54, 1.807) is 14.2 Å². The molecule has 0 aromatic heterocycles. The Hall–Kier alpha value is -1.71. The fourth-order valence-electron chi connectivity index (χ4n) is 3.98. The largest absolute Gasteiger partial charge is 0.493 e. The summed E-state index contributed by atoms with van der Waals surface area (Å²) in [6, 6.07) is 13.6. The summed E-state index contributed by atoms with van der Waals surface area (Å²) in [4.78, 5) is 0. The van der Waals surface area contributed by atoms with E-state index in [1.165, 1.54) is 28.7 Å². The van der Waals surface area contributed by atoms with Crippen molar-refractivity contribution in [3.63, 3.8) is 0 Å². The molecule has 1 heterocycles. The third-order valence-corrected chi connectivity index (χ3v) is 5.05. The van der Waals surface area contributed by atoms with Gasteiger partial charge in [0, 0.05) is 18.5 Å². The summed E-state index contributed by atoms with van der Waals surface area (Å²) in [5.74, 6) is 2.07. The van der Waals surface area contributed by atoms with Gasteiger partial charge in [-0.25, -0.2) is 0 Å². The summed E-state index contributed by atoms with van der Waals surface area (Å²) in [7, 11) is 3.41. The number of ether oxygens (including phenoxy) is 2. The lowest BCUT2D eigenvalue weighted by Gasteiger charge is -2.39. The Balaban J connectivity index is 0.00000156. The molecule has 4 rings (SSSR count). The number of benzene rings is 2. The van der Waals surface area contributed by atoms with Crippen LogP contribution < -0.4 is 14.8 Å². The minimum absolute atomic E-state index is 0. The molecular weight excluding hydrogens is 310 g/mol. The Kier molecular flexibility index (Phi) is 4.51. The third kappa shape index (κ3) is 2.58. The third-order valence-electron chi connectivity index (χ3n) is 5.05. The Morgan fingerprint density at radius 3 is 2.48 bits per heavy atom. The highest BCUT2D eigenvalue weighted by molar-refractivity contribution is 5.85. The molecular formula is C19H22ClNO2. The Labute approximate surface area is 143 Å². The van der Waals surface area contributed by atoms with Crippen LogP contribution in [-0.2, 0) is 13.0 Å². The van der Waals surface area contributed by atoms with Gasteiger partial charge in [0.25, 0.3) is 0 Å². The van der Waals surface area contributed by atoms with Gasteiger partial charge < -0.3 is 14.8 Å². The smallest absolute Gasteiger partial charge is 0.161 e. The average molecular weight is 332 g/mol. The fraction of sp³-hybridized carbons (Fsp3) is 0.368. The number of nitrogens with one attached hydrogen (secondary N) is 1. The van der Waals surface area contributed by atoms with Gasteiger partial charge in [0.2, 0.25) is 0 Å². The number of halogens is 1. The molecule has 0 saturated heterocycles. The summed E-state index contributed by atoms with van der Waals surface area (Å²) < 4.78 is 11.0. The second-order valence-electron chi connectivity index (χ2n) is 6.11. The molecule has 0 fully saturated rings. The first-order valence-electron chi connectivity index (χ1n) is 7.88. The van der Waals surface area contributed by atoms with Gasteiger partial charge in [0.05, 0.1) is 14.2 Å². The predicted molar refractivity (Wildman–Crippen MR) is 94.0 cm³/mol. The van der Waals surface area contributed by atoms with Gasteiger partial charge in [-0.15, -0.1) is 12.4 Å². The van der Waals surface area contributed by atoms with Crippen LogP contribution in [0.25, 0.3) is 0 Å². The molecule has 2 unspecified atom stereocenters. The zero-order chi connectivity index (χ0) is 15.1. The molecule has 1 aliphatic carbocycles. The standard InChI is InChI=1S/C19H21NO2.ClH/c1-21-17-9-12-7-8-16-19(15(12)10-18(17)22-2)14-6-4-3-5-13(14)11-20-16;/h3-6,9-10,16,19-20H,7-8,11H2,1-2H3;1H. The zero-order valence-corrected chi connectivity index (χ0v) is 14.3. The highest BCUT2D eigenvalue weighted by atomic mass is 35.5. The van der Waals surface area contributed by atoms with Crippen LogP contribution in [0.4, 0.5) is 0 Å². The molecule has 0 radical (unpaired) electrons. The minimum Gasteiger partial charge on any atom is -0.493 e. The molecule has 0 saturated carbocycles. The van der Waals surface area contributed by atoms with Crippen molar-refractivity contribution in [2.24, 2.45) is 0 Å². The maximum absolute atomic E-state index is 5.52. The van der Waals surface area contributed by atoms with Crippen LogP contribution in [0.2, 0.25) is 0 Å². The summed E-state index contributed by atoms with van der Waals surface area (Å²) in [6.07, 6.45) is 2.26. The van der Waals surface area contributed by atoms with E-state index in [0.717, 1.165) is 24.5 Å². The minimum atomic E-state index is 0. The predicted octanol–water partition coefficient (Wildman–Crippen LogP) is 3.68. The molecule has 2 aromatic carbocycles. The molecule has 23 heavy (non-hydrogen) atoms. The van der Waals surface area contributed by atoms with E-state index in [2.05, 4.69) is 41.7 Å². The summed E-state index contributed by atoms with van der Waals surface area (Å²) >= 11 is 0. The molecule has 3 nitrogen and oxygen atoms in total. The highest BCUT2D eigenvalue weighted by Gasteiger charge is 2.35. The lowest BCUT2D eigenvalue weighted by Crippen LogP contribution is -2.42. The summed E-state index contributed by atoms with van der Waals surface area (Å²) in [5, 5.41) is 3.71. The van der Waals surface area contributed by atoms with Gasteiger partial charge in [-0.2, -0.15) is 0 Å². The van der Waals surface area contributed by atoms with Crippen LogP contribution in [0.15, 0.2) is 36.4 Å².